The molecule has 3 rings (SSSR count). The van der Waals surface area contributed by atoms with Crippen LogP contribution in [0.15, 0.2) is 0 Å². The van der Waals surface area contributed by atoms with Gasteiger partial charge in [0.1, 0.15) is 12.4 Å². The molecule has 0 saturated carbocycles. The number of methoxy groups -OCH3 is 1. The quantitative estimate of drug-likeness (QED) is 0.309. The highest BCUT2D eigenvalue weighted by Gasteiger charge is 2.51. The van der Waals surface area contributed by atoms with E-state index in [9.17, 15) is 19.5 Å². The second kappa shape index (κ2) is 19.2. The predicted octanol–water partition coefficient (Wildman–Crippen LogP) is 3.41. The summed E-state index contributed by atoms with van der Waals surface area (Å²) in [4.78, 5) is 48.0. The molecule has 3 saturated heterocycles. The Bertz CT molecular complexity index is 863. The molecule has 12 nitrogen and oxygen atoms in total. The number of nitrogens with two attached hydrogens (primary N) is 1. The molecule has 0 bridgehead atoms. The molecule has 12 heteroatoms. The number of aliphatic hydroxyl groups excluding tert-OH is 1. The lowest BCUT2D eigenvalue weighted by atomic mass is 9.78. The number of nitrogens with one attached hydrogen (secondary N) is 1. The van der Waals surface area contributed by atoms with Crippen molar-refractivity contribution in [3.05, 3.63) is 0 Å². The number of carbonyl (C=O) groups excluding carboxylic acids is 4. The van der Waals surface area contributed by atoms with E-state index in [1.165, 1.54) is 0 Å². The third kappa shape index (κ3) is 13.1. The Kier molecular flexibility index (Phi) is 18.2. The molecular formula is C31H59N3O9. The molecule has 0 aromatic carbocycles. The highest BCUT2D eigenvalue weighted by molar-refractivity contribution is 5.85. The number of rotatable bonds is 2. The number of cyclic esters (lactones) is 1. The van der Waals surface area contributed by atoms with Crippen molar-refractivity contribution in [1.82, 2.24) is 10.2 Å². The molecule has 0 aromatic rings. The molecular weight excluding hydrogens is 558 g/mol. The first-order valence-corrected chi connectivity index (χ1v) is 15.4. The van der Waals surface area contributed by atoms with Crippen LogP contribution in [-0.4, -0.2) is 97.8 Å². The van der Waals surface area contributed by atoms with Gasteiger partial charge >= 0.3 is 12.1 Å². The lowest BCUT2D eigenvalue weighted by molar-refractivity contribution is -0.172. The van der Waals surface area contributed by atoms with Gasteiger partial charge in [0.05, 0.1) is 23.7 Å². The zero-order valence-electron chi connectivity index (χ0n) is 28.3. The number of ether oxygens (including phenoxy) is 4. The van der Waals surface area contributed by atoms with E-state index in [1.807, 2.05) is 55.6 Å². The number of ketones is 1. The van der Waals surface area contributed by atoms with Crippen LogP contribution >= 0.6 is 0 Å². The first kappa shape index (κ1) is 40.7. The van der Waals surface area contributed by atoms with Crippen molar-refractivity contribution in [2.24, 2.45) is 23.5 Å². The monoisotopic (exact) mass is 617 g/mol. The first-order valence-electron chi connectivity index (χ1n) is 15.4. The average Bonchev–Trinajstić information content (AvgIpc) is 3.25. The van der Waals surface area contributed by atoms with Gasteiger partial charge in [-0.3, -0.25) is 14.4 Å². The Morgan fingerprint density at radius 1 is 1.07 bits per heavy atom. The number of fused-ring (bicyclic) bond motifs is 1. The fraction of sp³-hybridized carbons (Fsp3) is 0.871. The van der Waals surface area contributed by atoms with Gasteiger partial charge in [-0.05, 0) is 67.0 Å². The van der Waals surface area contributed by atoms with E-state index in [0.29, 0.717) is 18.9 Å². The van der Waals surface area contributed by atoms with Gasteiger partial charge in [-0.15, -0.1) is 0 Å². The summed E-state index contributed by atoms with van der Waals surface area (Å²) in [6.07, 6.45) is 3.85. The zero-order valence-corrected chi connectivity index (χ0v) is 28.3. The minimum atomic E-state index is -1.07. The van der Waals surface area contributed by atoms with Crippen LogP contribution in [0.4, 0.5) is 4.79 Å². The van der Waals surface area contributed by atoms with E-state index >= 15 is 0 Å². The summed E-state index contributed by atoms with van der Waals surface area (Å²) in [5, 5.41) is 12.0. The molecule has 252 valence electrons. The van der Waals surface area contributed by atoms with Crippen LogP contribution < -0.4 is 11.1 Å². The van der Waals surface area contributed by atoms with E-state index < -0.39 is 35.5 Å². The molecule has 0 aliphatic carbocycles. The number of Topliss-reactive ketones (excluding diaryl/α,β-unsaturated/α-hetero) is 1. The number of esters is 1. The highest BCUT2D eigenvalue weighted by atomic mass is 16.6. The number of primary amides is 1. The van der Waals surface area contributed by atoms with Gasteiger partial charge in [-0.25, -0.2) is 4.79 Å². The molecule has 0 radical (unpaired) electrons. The summed E-state index contributed by atoms with van der Waals surface area (Å²) in [5.41, 5.74) is 2.65. The van der Waals surface area contributed by atoms with Crippen LogP contribution in [0.1, 0.15) is 93.9 Å². The number of carbonyl (C=O) groups is 4. The average molecular weight is 618 g/mol. The molecule has 4 N–H and O–H groups in total. The number of nitrogens with zero attached hydrogens (tertiary/aromatic N) is 1. The molecule has 3 aliphatic heterocycles. The Morgan fingerprint density at radius 2 is 1.65 bits per heavy atom. The SMILES string of the molecule is CC.CC1CC(N(C)C)CC(O)O1.CO[C@@]1(C)CCCC(C)C(=O)OC[C@@]2(C)OC(=O)NC2C(C)C(=O)[C@H](C)C1.NC=O. The molecule has 43 heavy (non-hydrogen) atoms. The van der Waals surface area contributed by atoms with Crippen LogP contribution in [0.5, 0.6) is 0 Å². The van der Waals surface area contributed by atoms with Crippen molar-refractivity contribution in [2.45, 2.75) is 130 Å². The van der Waals surface area contributed by atoms with Crippen LogP contribution in [0.2, 0.25) is 0 Å². The fourth-order valence-corrected chi connectivity index (χ4v) is 5.78. The van der Waals surface area contributed by atoms with Gasteiger partial charge in [0.25, 0.3) is 0 Å². The van der Waals surface area contributed by atoms with E-state index in [-0.39, 0.29) is 42.7 Å². The smallest absolute Gasteiger partial charge is 0.408 e. The number of hydrogen-bond acceptors (Lipinski definition) is 10. The van der Waals surface area contributed by atoms with Crippen LogP contribution in [0, 0.1) is 17.8 Å². The highest BCUT2D eigenvalue weighted by Crippen LogP contribution is 2.34. The topological polar surface area (TPSA) is 167 Å². The van der Waals surface area contributed by atoms with Gasteiger partial charge in [0, 0.05) is 31.4 Å². The van der Waals surface area contributed by atoms with Gasteiger partial charge in [0.15, 0.2) is 11.9 Å². The maximum atomic E-state index is 13.1. The maximum absolute atomic E-state index is 13.1. The van der Waals surface area contributed by atoms with Gasteiger partial charge < -0.3 is 40.0 Å². The van der Waals surface area contributed by atoms with Crippen LogP contribution in [0.25, 0.3) is 0 Å². The summed E-state index contributed by atoms with van der Waals surface area (Å²) in [6.45, 7) is 15.2. The molecule has 3 aliphatic rings. The Labute approximate surface area is 258 Å². The van der Waals surface area contributed by atoms with Crippen molar-refractivity contribution < 1.29 is 43.2 Å². The van der Waals surface area contributed by atoms with Crippen molar-refractivity contribution in [3.8, 4) is 0 Å². The lowest BCUT2D eigenvalue weighted by Gasteiger charge is -2.35. The summed E-state index contributed by atoms with van der Waals surface area (Å²) in [7, 11) is 5.73. The number of hydrogen-bond donors (Lipinski definition) is 3. The third-order valence-electron chi connectivity index (χ3n) is 8.37. The van der Waals surface area contributed by atoms with Crippen molar-refractivity contribution in [1.29, 1.82) is 0 Å². The van der Waals surface area contributed by atoms with Crippen molar-refractivity contribution >= 4 is 24.3 Å². The lowest BCUT2D eigenvalue weighted by Crippen LogP contribution is -2.52. The second-order valence-electron chi connectivity index (χ2n) is 12.3. The van der Waals surface area contributed by atoms with Gasteiger partial charge in [-0.1, -0.05) is 34.6 Å². The molecule has 0 aromatic heterocycles. The standard InChI is InChI=1S/C20H33NO6.C8H17NO2.C2H6.CH3NO/c1-12-8-7-9-19(4,25-6)10-13(2)15(22)14(3)16-20(5,11-26-17(12)23)27-18(24)21-16;1-6-4-7(9(2)3)5-8(10)11-6;1-2;2-1-3/h12-14,16H,7-11H2,1-6H3,(H,21,24);6-8,10H,4-5H2,1-3H3;1-2H3;1H,(H2,2,3)/t12?,13-,14?,16?,19+,20-;;;/m1.../s1. The predicted molar refractivity (Wildman–Crippen MR) is 164 cm³/mol. The van der Waals surface area contributed by atoms with Gasteiger partial charge in [-0.2, -0.15) is 0 Å². The Balaban J connectivity index is 0.000000911. The van der Waals surface area contributed by atoms with E-state index in [4.69, 9.17) is 23.7 Å². The molecule has 6 unspecified atom stereocenters. The summed E-state index contributed by atoms with van der Waals surface area (Å²) < 4.78 is 21.8. The number of aliphatic hydroxyl groups is 1. The van der Waals surface area contributed by atoms with E-state index in [0.717, 1.165) is 25.7 Å². The van der Waals surface area contributed by atoms with Crippen LogP contribution in [-0.2, 0) is 33.3 Å². The molecule has 3 fully saturated rings. The van der Waals surface area contributed by atoms with Crippen LogP contribution in [0.3, 0.4) is 0 Å². The summed E-state index contributed by atoms with van der Waals surface area (Å²) >= 11 is 0. The van der Waals surface area contributed by atoms with E-state index in [1.54, 1.807) is 21.0 Å². The third-order valence-corrected chi connectivity index (χ3v) is 8.37. The molecule has 9 atom stereocenters. The molecule has 2 amide bonds. The fourth-order valence-electron chi connectivity index (χ4n) is 5.78. The first-order chi connectivity index (χ1) is 20.0. The molecule has 3 heterocycles. The Hall–Kier alpha value is -2.28. The summed E-state index contributed by atoms with van der Waals surface area (Å²) in [5.74, 6) is -1.23. The Morgan fingerprint density at radius 3 is 2.16 bits per heavy atom. The second-order valence-corrected chi connectivity index (χ2v) is 12.3. The number of amides is 2. The number of alkyl carbamates (subject to hydrolysis) is 1. The molecule has 0 spiro atoms. The minimum Gasteiger partial charge on any atom is -0.461 e. The zero-order chi connectivity index (χ0) is 33.5. The minimum absolute atomic E-state index is 0.0389. The largest absolute Gasteiger partial charge is 0.461 e. The summed E-state index contributed by atoms with van der Waals surface area (Å²) in [6, 6.07) is -0.0893. The normalized spacial score (nSPS) is 36.8. The maximum Gasteiger partial charge on any atom is 0.408 e. The van der Waals surface area contributed by atoms with Gasteiger partial charge in [0.2, 0.25) is 6.41 Å². The van der Waals surface area contributed by atoms with Crippen molar-refractivity contribution in [2.75, 3.05) is 27.8 Å². The van der Waals surface area contributed by atoms with E-state index in [2.05, 4.69) is 16.0 Å². The van der Waals surface area contributed by atoms with Crippen molar-refractivity contribution in [3.63, 3.8) is 0 Å².